The van der Waals surface area contributed by atoms with Crippen LogP contribution in [0.4, 0.5) is 4.79 Å². The van der Waals surface area contributed by atoms with Crippen molar-refractivity contribution in [2.75, 3.05) is 13.2 Å². The maximum absolute atomic E-state index is 11.8. The van der Waals surface area contributed by atoms with Gasteiger partial charge in [0.25, 0.3) is 0 Å². The average molecular weight is 304 g/mol. The predicted molar refractivity (Wildman–Crippen MR) is 80.2 cm³/mol. The first-order valence-corrected chi connectivity index (χ1v) is 7.44. The third kappa shape index (κ3) is 4.31. The fourth-order valence-corrected chi connectivity index (χ4v) is 2.42. The largest absolute Gasteiger partial charge is 0.447 e. The smallest absolute Gasteiger partial charge is 0.416 e. The zero-order chi connectivity index (χ0) is 15.9. The fraction of sp³-hybridized carbons (Fsp3) is 0.438. The molecule has 0 saturated carbocycles. The summed E-state index contributed by atoms with van der Waals surface area (Å²) in [5, 5.41) is 0. The molecule has 0 unspecified atom stereocenters. The Morgan fingerprint density at radius 2 is 2.05 bits per heavy atom. The zero-order valence-corrected chi connectivity index (χ0v) is 12.4. The molecule has 0 aliphatic carbocycles. The first kappa shape index (κ1) is 16.0. The molecule has 1 heterocycles. The first-order valence-electron chi connectivity index (χ1n) is 7.44. The van der Waals surface area contributed by atoms with Gasteiger partial charge in [-0.3, -0.25) is 9.59 Å². The Balaban J connectivity index is 1.67. The summed E-state index contributed by atoms with van der Waals surface area (Å²) in [5.41, 5.74) is 6.82. The summed E-state index contributed by atoms with van der Waals surface area (Å²) in [5.74, 6) is -0.594. The number of carbonyl (C=O) groups is 3. The highest BCUT2D eigenvalue weighted by atomic mass is 16.6. The summed E-state index contributed by atoms with van der Waals surface area (Å²) in [6, 6.07) is 7.27. The lowest BCUT2D eigenvalue weighted by Crippen LogP contribution is -2.31. The Labute approximate surface area is 129 Å². The van der Waals surface area contributed by atoms with E-state index in [4.69, 9.17) is 10.5 Å². The summed E-state index contributed by atoms with van der Waals surface area (Å²) < 4.78 is 4.73. The van der Waals surface area contributed by atoms with Crippen molar-refractivity contribution >= 4 is 17.9 Å². The number of rotatable bonds is 7. The second-order valence-electron chi connectivity index (χ2n) is 5.29. The summed E-state index contributed by atoms with van der Waals surface area (Å²) in [4.78, 5) is 35.3. The van der Waals surface area contributed by atoms with Crippen LogP contribution < -0.4 is 5.73 Å². The maximum atomic E-state index is 11.8. The molecule has 0 spiro atoms. The second-order valence-corrected chi connectivity index (χ2v) is 5.29. The van der Waals surface area contributed by atoms with E-state index >= 15 is 0 Å². The van der Waals surface area contributed by atoms with Gasteiger partial charge in [-0.05, 0) is 37.0 Å². The molecule has 0 atom stereocenters. The molecule has 0 aromatic heterocycles. The van der Waals surface area contributed by atoms with Crippen molar-refractivity contribution in [3.8, 4) is 0 Å². The lowest BCUT2D eigenvalue weighted by atomic mass is 10.0. The van der Waals surface area contributed by atoms with Crippen molar-refractivity contribution in [1.29, 1.82) is 0 Å². The van der Waals surface area contributed by atoms with Gasteiger partial charge in [-0.15, -0.1) is 0 Å². The van der Waals surface area contributed by atoms with Gasteiger partial charge in [0, 0.05) is 12.0 Å². The van der Waals surface area contributed by atoms with E-state index in [2.05, 4.69) is 0 Å². The molecule has 1 aromatic rings. The summed E-state index contributed by atoms with van der Waals surface area (Å²) in [6.07, 6.45) is 3.19. The van der Waals surface area contributed by atoms with Crippen LogP contribution in [0.25, 0.3) is 0 Å². The van der Waals surface area contributed by atoms with Crippen LogP contribution in [0.5, 0.6) is 0 Å². The number of benzene rings is 1. The quantitative estimate of drug-likeness (QED) is 0.779. The van der Waals surface area contributed by atoms with Crippen LogP contribution in [0, 0.1) is 0 Å². The van der Waals surface area contributed by atoms with E-state index in [0.29, 0.717) is 25.1 Å². The number of nitrogens with two attached hydrogens (primary N) is 1. The number of amides is 3. The highest BCUT2D eigenvalue weighted by Crippen LogP contribution is 2.12. The lowest BCUT2D eigenvalue weighted by Gasteiger charge is -2.10. The highest BCUT2D eigenvalue weighted by Gasteiger charge is 2.27. The molecule has 6 heteroatoms. The first-order chi connectivity index (χ1) is 10.6. The van der Waals surface area contributed by atoms with Gasteiger partial charge in [0.2, 0.25) is 11.8 Å². The van der Waals surface area contributed by atoms with Gasteiger partial charge in [-0.25, -0.2) is 9.69 Å². The fourth-order valence-electron chi connectivity index (χ4n) is 2.42. The topological polar surface area (TPSA) is 89.7 Å². The molecule has 0 bridgehead atoms. The van der Waals surface area contributed by atoms with E-state index in [-0.39, 0.29) is 5.91 Å². The van der Waals surface area contributed by atoms with Crippen LogP contribution in [0.1, 0.15) is 41.6 Å². The number of unbranched alkanes of at least 4 members (excludes halogenated alkanes) is 2. The number of nitrogens with zero attached hydrogens (tertiary/aromatic N) is 1. The minimum atomic E-state index is -0.534. The Hall–Kier alpha value is -2.37. The molecule has 1 saturated heterocycles. The standard InChI is InChI=1S/C16H20N2O4/c17-15(20)13-7-4-6-12(11-13)5-2-1-3-8-14(19)18-9-10-22-16(18)21/h4,6-7,11H,1-3,5,8-10H2,(H2,17,20). The number of aryl methyl sites for hydroxylation is 1. The molecule has 3 amide bonds. The molecule has 2 N–H and O–H groups in total. The number of hydrogen-bond acceptors (Lipinski definition) is 4. The second kappa shape index (κ2) is 7.59. The van der Waals surface area contributed by atoms with E-state index in [9.17, 15) is 14.4 Å². The normalized spacial score (nSPS) is 14.0. The SMILES string of the molecule is NC(=O)c1cccc(CCCCCC(=O)N2CCOC2=O)c1. The average Bonchev–Trinajstić information content (AvgIpc) is 2.93. The molecule has 118 valence electrons. The van der Waals surface area contributed by atoms with Gasteiger partial charge in [-0.2, -0.15) is 0 Å². The monoisotopic (exact) mass is 304 g/mol. The lowest BCUT2D eigenvalue weighted by molar-refractivity contribution is -0.127. The molecule has 22 heavy (non-hydrogen) atoms. The molecule has 6 nitrogen and oxygen atoms in total. The third-order valence-corrected chi connectivity index (χ3v) is 3.63. The van der Waals surface area contributed by atoms with E-state index < -0.39 is 12.0 Å². The van der Waals surface area contributed by atoms with Gasteiger partial charge in [0.15, 0.2) is 0 Å². The molecule has 2 rings (SSSR count). The van der Waals surface area contributed by atoms with Crippen LogP contribution in [-0.2, 0) is 16.0 Å². The molecule has 1 aliphatic rings. The number of carbonyl (C=O) groups excluding carboxylic acids is 3. The minimum absolute atomic E-state index is 0.168. The van der Waals surface area contributed by atoms with Gasteiger partial charge in [0.1, 0.15) is 6.61 Å². The number of primary amides is 1. The molecule has 1 aromatic carbocycles. The zero-order valence-electron chi connectivity index (χ0n) is 12.4. The van der Waals surface area contributed by atoms with E-state index in [1.807, 2.05) is 12.1 Å². The summed E-state index contributed by atoms with van der Waals surface area (Å²) >= 11 is 0. The van der Waals surface area contributed by atoms with Crippen LogP contribution in [0.15, 0.2) is 24.3 Å². The molecule has 1 fully saturated rings. The Morgan fingerprint density at radius 1 is 1.23 bits per heavy atom. The van der Waals surface area contributed by atoms with Gasteiger partial charge in [0.05, 0.1) is 6.54 Å². The number of cyclic esters (lactones) is 1. The molecule has 0 radical (unpaired) electrons. The van der Waals surface area contributed by atoms with Crippen molar-refractivity contribution in [3.05, 3.63) is 35.4 Å². The van der Waals surface area contributed by atoms with Crippen LogP contribution in [-0.4, -0.2) is 36.0 Å². The highest BCUT2D eigenvalue weighted by molar-refractivity contribution is 5.93. The van der Waals surface area contributed by atoms with Crippen molar-refractivity contribution in [2.45, 2.75) is 32.1 Å². The van der Waals surface area contributed by atoms with Crippen LogP contribution in [0.2, 0.25) is 0 Å². The van der Waals surface area contributed by atoms with Crippen LogP contribution in [0.3, 0.4) is 0 Å². The van der Waals surface area contributed by atoms with Crippen molar-refractivity contribution in [3.63, 3.8) is 0 Å². The Bertz CT molecular complexity index is 571. The maximum Gasteiger partial charge on any atom is 0.416 e. The van der Waals surface area contributed by atoms with E-state index in [0.717, 1.165) is 36.1 Å². The van der Waals surface area contributed by atoms with Crippen LogP contribution >= 0.6 is 0 Å². The predicted octanol–water partition coefficient (Wildman–Crippen LogP) is 1.87. The molecular weight excluding hydrogens is 284 g/mol. The third-order valence-electron chi connectivity index (χ3n) is 3.63. The van der Waals surface area contributed by atoms with Gasteiger partial charge < -0.3 is 10.5 Å². The Kier molecular flexibility index (Phi) is 5.52. The Morgan fingerprint density at radius 3 is 2.73 bits per heavy atom. The van der Waals surface area contributed by atoms with E-state index in [1.54, 1.807) is 12.1 Å². The van der Waals surface area contributed by atoms with Crippen molar-refractivity contribution < 1.29 is 19.1 Å². The molecular formula is C16H20N2O4. The summed E-state index contributed by atoms with van der Waals surface area (Å²) in [6.45, 7) is 0.651. The minimum Gasteiger partial charge on any atom is -0.447 e. The van der Waals surface area contributed by atoms with Gasteiger partial charge in [-0.1, -0.05) is 18.6 Å². The summed E-state index contributed by atoms with van der Waals surface area (Å²) in [7, 11) is 0. The van der Waals surface area contributed by atoms with Crippen molar-refractivity contribution in [1.82, 2.24) is 4.90 Å². The number of hydrogen-bond donors (Lipinski definition) is 1. The van der Waals surface area contributed by atoms with E-state index in [1.165, 1.54) is 0 Å². The number of imide groups is 1. The molecule has 1 aliphatic heterocycles. The number of ether oxygens (including phenoxy) is 1. The van der Waals surface area contributed by atoms with Crippen molar-refractivity contribution in [2.24, 2.45) is 5.73 Å². The van der Waals surface area contributed by atoms with Gasteiger partial charge >= 0.3 is 6.09 Å².